The maximum atomic E-state index is 10.9. The minimum Gasteiger partial charge on any atom is -0.389 e. The summed E-state index contributed by atoms with van der Waals surface area (Å²) in [5.41, 5.74) is 10.2. The first-order valence-electron chi connectivity index (χ1n) is 9.05. The van der Waals surface area contributed by atoms with Gasteiger partial charge in [-0.05, 0) is 40.0 Å². The number of aliphatic hydroxyl groups excluding tert-OH is 1. The number of aryl methyl sites for hydroxylation is 1. The predicted octanol–water partition coefficient (Wildman–Crippen LogP) is 4.12. The van der Waals surface area contributed by atoms with Gasteiger partial charge in [-0.2, -0.15) is 0 Å². The Morgan fingerprint density at radius 3 is 2.86 bits per heavy atom. The third kappa shape index (κ3) is 4.44. The van der Waals surface area contributed by atoms with E-state index in [4.69, 9.17) is 19.7 Å². The fourth-order valence-electron chi connectivity index (χ4n) is 3.38. The lowest BCUT2D eigenvalue weighted by molar-refractivity contribution is -0.297. The second-order valence-electron chi connectivity index (χ2n) is 6.83. The Morgan fingerprint density at radius 2 is 2.10 bits per heavy atom. The highest BCUT2D eigenvalue weighted by Crippen LogP contribution is 2.41. The van der Waals surface area contributed by atoms with Crippen molar-refractivity contribution in [3.8, 4) is 0 Å². The second-order valence-corrected chi connectivity index (χ2v) is 8.72. The number of thioether (sulfide) groups is 1. The molecule has 1 aromatic heterocycles. The van der Waals surface area contributed by atoms with E-state index in [2.05, 4.69) is 30.9 Å². The number of pyridine rings is 1. The molecule has 1 aromatic carbocycles. The number of hydrogen-bond donors (Lipinski definition) is 1. The molecule has 29 heavy (non-hydrogen) atoms. The molecule has 4 rings (SSSR count). The van der Waals surface area contributed by atoms with Crippen molar-refractivity contribution in [1.29, 1.82) is 0 Å². The lowest BCUT2D eigenvalue weighted by Crippen LogP contribution is -2.60. The van der Waals surface area contributed by atoms with Crippen molar-refractivity contribution >= 4 is 27.7 Å². The number of nitrogens with zero attached hydrogens (tertiary/aromatic N) is 4. The van der Waals surface area contributed by atoms with Crippen molar-refractivity contribution in [2.75, 3.05) is 6.61 Å². The van der Waals surface area contributed by atoms with Crippen LogP contribution in [0.5, 0.6) is 0 Å². The number of ether oxygens (including phenoxy) is 3. The third-order valence-electron chi connectivity index (χ3n) is 4.78. The van der Waals surface area contributed by atoms with Crippen molar-refractivity contribution < 1.29 is 19.3 Å². The number of azide groups is 1. The van der Waals surface area contributed by atoms with Crippen LogP contribution in [0.4, 0.5) is 0 Å². The molecule has 0 spiro atoms. The zero-order valence-corrected chi connectivity index (χ0v) is 17.9. The summed E-state index contributed by atoms with van der Waals surface area (Å²) >= 11 is 4.75. The Labute approximate surface area is 180 Å². The lowest BCUT2D eigenvalue weighted by atomic mass is 9.97. The first kappa shape index (κ1) is 20.6. The smallest absolute Gasteiger partial charge is 0.184 e. The predicted molar refractivity (Wildman–Crippen MR) is 110 cm³/mol. The van der Waals surface area contributed by atoms with E-state index in [1.54, 1.807) is 6.20 Å². The molecule has 2 aliphatic heterocycles. The van der Waals surface area contributed by atoms with Crippen LogP contribution in [0.3, 0.4) is 0 Å². The van der Waals surface area contributed by atoms with Gasteiger partial charge in [0.1, 0.15) is 28.4 Å². The van der Waals surface area contributed by atoms with Gasteiger partial charge in [-0.15, -0.1) is 0 Å². The molecule has 2 saturated heterocycles. The van der Waals surface area contributed by atoms with E-state index in [1.807, 2.05) is 43.3 Å². The maximum absolute atomic E-state index is 10.9. The molecule has 2 aliphatic rings. The number of fused-ring (bicyclic) bond motifs is 1. The summed E-state index contributed by atoms with van der Waals surface area (Å²) in [6.45, 7) is 2.20. The molecule has 1 N–H and O–H groups in total. The highest BCUT2D eigenvalue weighted by molar-refractivity contribution is 9.10. The van der Waals surface area contributed by atoms with Crippen LogP contribution in [0.25, 0.3) is 10.4 Å². The highest BCUT2D eigenvalue weighted by Gasteiger charge is 2.49. The number of aliphatic hydroxyl groups is 1. The average molecular weight is 479 g/mol. The van der Waals surface area contributed by atoms with E-state index in [1.165, 1.54) is 11.8 Å². The van der Waals surface area contributed by atoms with E-state index in [0.717, 1.165) is 16.0 Å². The molecular weight excluding hydrogens is 460 g/mol. The van der Waals surface area contributed by atoms with Gasteiger partial charge in [-0.25, -0.2) is 4.98 Å². The lowest BCUT2D eigenvalue weighted by Gasteiger charge is -2.46. The largest absolute Gasteiger partial charge is 0.389 e. The number of hydrogen-bond acceptors (Lipinski definition) is 7. The maximum Gasteiger partial charge on any atom is 0.184 e. The molecule has 6 atom stereocenters. The van der Waals surface area contributed by atoms with Crippen molar-refractivity contribution in [3.05, 3.63) is 68.8 Å². The minimum atomic E-state index is -1.06. The Bertz CT molecular complexity index is 914. The van der Waals surface area contributed by atoms with Gasteiger partial charge in [0.2, 0.25) is 0 Å². The van der Waals surface area contributed by atoms with E-state index >= 15 is 0 Å². The molecule has 4 unspecified atom stereocenters. The van der Waals surface area contributed by atoms with Gasteiger partial charge < -0.3 is 19.3 Å². The van der Waals surface area contributed by atoms with Crippen LogP contribution < -0.4 is 0 Å². The summed E-state index contributed by atoms with van der Waals surface area (Å²) in [5, 5.41) is 14.7. The number of rotatable bonds is 4. The second kappa shape index (κ2) is 9.01. The third-order valence-corrected chi connectivity index (χ3v) is 6.86. The molecule has 10 heteroatoms. The minimum absolute atomic E-state index is 0.263. The van der Waals surface area contributed by atoms with Gasteiger partial charge in [0.25, 0.3) is 0 Å². The first-order chi connectivity index (χ1) is 14.1. The molecule has 0 amide bonds. The average Bonchev–Trinajstić information content (AvgIpc) is 2.74. The number of aromatic nitrogens is 1. The van der Waals surface area contributed by atoms with Crippen LogP contribution in [0, 0.1) is 6.92 Å². The zero-order valence-electron chi connectivity index (χ0n) is 15.5. The summed E-state index contributed by atoms with van der Waals surface area (Å²) in [6.07, 6.45) is -1.00. The van der Waals surface area contributed by atoms with Crippen LogP contribution in [0.2, 0.25) is 0 Å². The van der Waals surface area contributed by atoms with Crippen LogP contribution in [-0.4, -0.2) is 46.5 Å². The molecule has 0 radical (unpaired) electrons. The topological polar surface area (TPSA) is 110 Å². The molecule has 8 nitrogen and oxygen atoms in total. The molecule has 2 fully saturated rings. The fraction of sp³-hybridized carbons (Fsp3) is 0.421. The van der Waals surface area contributed by atoms with Gasteiger partial charge in [-0.1, -0.05) is 47.2 Å². The van der Waals surface area contributed by atoms with E-state index in [9.17, 15) is 5.11 Å². The monoisotopic (exact) mass is 478 g/mol. The summed E-state index contributed by atoms with van der Waals surface area (Å²) in [5.74, 6) is 0. The van der Waals surface area contributed by atoms with Gasteiger partial charge in [-0.3, -0.25) is 0 Å². The highest BCUT2D eigenvalue weighted by atomic mass is 79.9. The molecule has 152 valence electrons. The van der Waals surface area contributed by atoms with Crippen LogP contribution in [0.15, 0.2) is 57.2 Å². The summed E-state index contributed by atoms with van der Waals surface area (Å²) < 4.78 is 18.6. The van der Waals surface area contributed by atoms with Crippen LogP contribution in [-0.2, 0) is 14.2 Å². The molecule has 0 aliphatic carbocycles. The summed E-state index contributed by atoms with van der Waals surface area (Å²) in [6, 6.07) is 10.6. The van der Waals surface area contributed by atoms with Crippen LogP contribution >= 0.6 is 27.7 Å². The molecule has 3 heterocycles. The Morgan fingerprint density at radius 1 is 1.31 bits per heavy atom. The standard InChI is InChI=1S/C19H19BrN4O4S/c1-10-7-13(17(20)22-8-10)29-19-15(25)14(23-24-21)16-12(27-19)9-26-18(28-16)11-5-3-2-4-6-11/h2-8,12,14-16,18-19,25H,9H2,1H3/t12?,14?,15?,16-,18?,19+/m0/s1. The Balaban J connectivity index is 1.56. The van der Waals surface area contributed by atoms with E-state index < -0.39 is 36.1 Å². The summed E-state index contributed by atoms with van der Waals surface area (Å²) in [7, 11) is 0. The van der Waals surface area contributed by atoms with Crippen molar-refractivity contribution in [1.82, 2.24) is 4.98 Å². The van der Waals surface area contributed by atoms with Crippen molar-refractivity contribution in [2.45, 2.75) is 47.9 Å². The normalized spacial score (nSPS) is 31.6. The van der Waals surface area contributed by atoms with Crippen molar-refractivity contribution in [3.63, 3.8) is 0 Å². The number of halogens is 1. The van der Waals surface area contributed by atoms with Gasteiger partial charge in [0.15, 0.2) is 6.29 Å². The number of benzene rings is 1. The summed E-state index contributed by atoms with van der Waals surface area (Å²) in [4.78, 5) is 8.03. The Kier molecular flexibility index (Phi) is 6.41. The molecule has 0 saturated carbocycles. The first-order valence-corrected chi connectivity index (χ1v) is 10.7. The van der Waals surface area contributed by atoms with Gasteiger partial charge in [0, 0.05) is 21.6 Å². The van der Waals surface area contributed by atoms with Gasteiger partial charge >= 0.3 is 0 Å². The van der Waals surface area contributed by atoms with Crippen LogP contribution in [0.1, 0.15) is 17.4 Å². The molecule has 0 bridgehead atoms. The quantitative estimate of drug-likeness (QED) is 0.306. The molecule has 2 aromatic rings. The zero-order chi connectivity index (χ0) is 20.4. The van der Waals surface area contributed by atoms with Gasteiger partial charge in [0.05, 0.1) is 12.6 Å². The SMILES string of the molecule is Cc1cnc(Br)c(S[C@H]2OC3COC(c4ccccc4)O[C@@H]3C(N=[N+]=[N-])C2O)c1. The van der Waals surface area contributed by atoms with E-state index in [0.29, 0.717) is 4.60 Å². The Hall–Kier alpha value is -1.65. The van der Waals surface area contributed by atoms with Crippen molar-refractivity contribution in [2.24, 2.45) is 5.11 Å². The molecular formula is C19H19BrN4O4S. The fourth-order valence-corrected chi connectivity index (χ4v) is 5.03. The van der Waals surface area contributed by atoms with E-state index in [-0.39, 0.29) is 6.61 Å².